The lowest BCUT2D eigenvalue weighted by Gasteiger charge is -2.09. The van der Waals surface area contributed by atoms with Gasteiger partial charge in [0.1, 0.15) is 0 Å². The molecule has 0 rings (SSSR count). The average molecular weight is 272 g/mol. The molecule has 0 aliphatic heterocycles. The lowest BCUT2D eigenvalue weighted by molar-refractivity contribution is 0.125. The van der Waals surface area contributed by atoms with Crippen LogP contribution in [-0.4, -0.2) is 64.3 Å². The molecular formula is C16H36N2O. The van der Waals surface area contributed by atoms with Crippen molar-refractivity contribution >= 4 is 0 Å². The van der Waals surface area contributed by atoms with Gasteiger partial charge in [-0.05, 0) is 67.0 Å². The molecule has 0 aromatic heterocycles. The van der Waals surface area contributed by atoms with Crippen molar-refractivity contribution in [2.24, 2.45) is 0 Å². The second-order valence-electron chi connectivity index (χ2n) is 6.05. The molecular weight excluding hydrogens is 236 g/mol. The van der Waals surface area contributed by atoms with E-state index >= 15 is 0 Å². The van der Waals surface area contributed by atoms with Crippen LogP contribution in [0.25, 0.3) is 0 Å². The van der Waals surface area contributed by atoms with Gasteiger partial charge in [0.05, 0.1) is 0 Å². The van der Waals surface area contributed by atoms with Gasteiger partial charge in [-0.25, -0.2) is 0 Å². The first-order chi connectivity index (χ1) is 9.13. The smallest absolute Gasteiger partial charge is 0.0466 e. The van der Waals surface area contributed by atoms with Gasteiger partial charge in [0, 0.05) is 13.2 Å². The fourth-order valence-corrected chi connectivity index (χ4v) is 2.07. The summed E-state index contributed by atoms with van der Waals surface area (Å²) in [5.74, 6) is 0. The molecule has 19 heavy (non-hydrogen) atoms. The van der Waals surface area contributed by atoms with Crippen LogP contribution in [0.3, 0.4) is 0 Å². The Kier molecular flexibility index (Phi) is 14.2. The van der Waals surface area contributed by atoms with E-state index in [-0.39, 0.29) is 0 Å². The van der Waals surface area contributed by atoms with Crippen molar-refractivity contribution in [3.05, 3.63) is 0 Å². The number of hydrogen-bond donors (Lipinski definition) is 0. The van der Waals surface area contributed by atoms with Crippen LogP contribution in [0.15, 0.2) is 0 Å². The Hall–Kier alpha value is -0.120. The molecule has 0 unspecified atom stereocenters. The molecule has 116 valence electrons. The van der Waals surface area contributed by atoms with E-state index in [1.165, 1.54) is 64.5 Å². The fourth-order valence-electron chi connectivity index (χ4n) is 2.07. The summed E-state index contributed by atoms with van der Waals surface area (Å²) in [6, 6.07) is 0. The Labute approximate surface area is 121 Å². The fraction of sp³-hybridized carbons (Fsp3) is 1.00. The molecule has 0 saturated heterocycles. The molecule has 3 heteroatoms. The molecule has 0 saturated carbocycles. The van der Waals surface area contributed by atoms with E-state index in [4.69, 9.17) is 4.74 Å². The third-order valence-electron chi connectivity index (χ3n) is 3.29. The number of nitrogens with zero attached hydrogens (tertiary/aromatic N) is 2. The highest BCUT2D eigenvalue weighted by atomic mass is 16.5. The minimum atomic E-state index is 0.958. The minimum Gasteiger partial charge on any atom is -0.381 e. The van der Waals surface area contributed by atoms with E-state index in [1.807, 2.05) is 0 Å². The normalized spacial score (nSPS) is 11.7. The third-order valence-corrected chi connectivity index (χ3v) is 3.29. The van der Waals surface area contributed by atoms with Gasteiger partial charge in [0.2, 0.25) is 0 Å². The highest BCUT2D eigenvalue weighted by Gasteiger charge is 1.94. The Bertz CT molecular complexity index is 154. The predicted molar refractivity (Wildman–Crippen MR) is 84.9 cm³/mol. The average Bonchev–Trinajstić information content (AvgIpc) is 2.34. The number of hydrogen-bond acceptors (Lipinski definition) is 3. The van der Waals surface area contributed by atoms with Crippen molar-refractivity contribution < 1.29 is 4.74 Å². The SMILES string of the molecule is CN(C)CCCCCCOCCCCCCN(C)C. The third kappa shape index (κ3) is 17.9. The second-order valence-corrected chi connectivity index (χ2v) is 6.05. The molecule has 0 aliphatic rings. The van der Waals surface area contributed by atoms with Gasteiger partial charge in [-0.15, -0.1) is 0 Å². The van der Waals surface area contributed by atoms with Crippen molar-refractivity contribution in [3.8, 4) is 0 Å². The van der Waals surface area contributed by atoms with Crippen LogP contribution < -0.4 is 0 Å². The Morgan fingerprint density at radius 1 is 0.526 bits per heavy atom. The Morgan fingerprint density at radius 2 is 0.895 bits per heavy atom. The molecule has 0 fully saturated rings. The first-order valence-electron chi connectivity index (χ1n) is 8.00. The number of rotatable bonds is 14. The van der Waals surface area contributed by atoms with Gasteiger partial charge in [-0.2, -0.15) is 0 Å². The van der Waals surface area contributed by atoms with Crippen molar-refractivity contribution in [2.45, 2.75) is 51.4 Å². The molecule has 0 N–H and O–H groups in total. The van der Waals surface area contributed by atoms with Crippen LogP contribution in [0, 0.1) is 0 Å². The lowest BCUT2D eigenvalue weighted by atomic mass is 10.2. The van der Waals surface area contributed by atoms with E-state index < -0.39 is 0 Å². The molecule has 0 heterocycles. The summed E-state index contributed by atoms with van der Waals surface area (Å²) in [6.07, 6.45) is 10.4. The summed E-state index contributed by atoms with van der Waals surface area (Å²) >= 11 is 0. The number of ether oxygens (including phenoxy) is 1. The van der Waals surface area contributed by atoms with E-state index in [9.17, 15) is 0 Å². The summed E-state index contributed by atoms with van der Waals surface area (Å²) in [7, 11) is 8.56. The van der Waals surface area contributed by atoms with Crippen LogP contribution in [0.2, 0.25) is 0 Å². The van der Waals surface area contributed by atoms with Crippen LogP contribution in [-0.2, 0) is 4.74 Å². The van der Waals surface area contributed by atoms with Gasteiger partial charge in [0.15, 0.2) is 0 Å². The summed E-state index contributed by atoms with van der Waals surface area (Å²) in [5, 5.41) is 0. The van der Waals surface area contributed by atoms with Crippen LogP contribution in [0.5, 0.6) is 0 Å². The molecule has 0 radical (unpaired) electrons. The summed E-state index contributed by atoms with van der Waals surface area (Å²) in [5.41, 5.74) is 0. The topological polar surface area (TPSA) is 15.7 Å². The van der Waals surface area contributed by atoms with E-state index in [0.29, 0.717) is 0 Å². The zero-order valence-electron chi connectivity index (χ0n) is 13.8. The maximum atomic E-state index is 5.67. The van der Waals surface area contributed by atoms with Crippen LogP contribution in [0.1, 0.15) is 51.4 Å². The molecule has 0 spiro atoms. The number of unbranched alkanes of at least 4 members (excludes halogenated alkanes) is 6. The second kappa shape index (κ2) is 14.3. The minimum absolute atomic E-state index is 0.958. The molecule has 3 nitrogen and oxygen atoms in total. The summed E-state index contributed by atoms with van der Waals surface area (Å²) in [4.78, 5) is 4.51. The van der Waals surface area contributed by atoms with Crippen molar-refractivity contribution in [1.82, 2.24) is 9.80 Å². The van der Waals surface area contributed by atoms with E-state index in [2.05, 4.69) is 38.0 Å². The molecule has 0 atom stereocenters. The van der Waals surface area contributed by atoms with E-state index in [1.54, 1.807) is 0 Å². The molecule has 0 amide bonds. The van der Waals surface area contributed by atoms with Gasteiger partial charge in [-0.3, -0.25) is 0 Å². The van der Waals surface area contributed by atoms with Crippen molar-refractivity contribution in [3.63, 3.8) is 0 Å². The Morgan fingerprint density at radius 3 is 1.26 bits per heavy atom. The maximum Gasteiger partial charge on any atom is 0.0466 e. The zero-order chi connectivity index (χ0) is 14.3. The standard InChI is InChI=1S/C16H36N2O/c1-17(2)13-9-5-7-11-15-19-16-12-8-6-10-14-18(3)4/h5-16H2,1-4H3. The largest absolute Gasteiger partial charge is 0.381 e. The van der Waals surface area contributed by atoms with Gasteiger partial charge in [-0.1, -0.05) is 25.7 Å². The first kappa shape index (κ1) is 18.9. The maximum absolute atomic E-state index is 5.67. The first-order valence-corrected chi connectivity index (χ1v) is 8.00. The van der Waals surface area contributed by atoms with Crippen LogP contribution >= 0.6 is 0 Å². The quantitative estimate of drug-likeness (QED) is 0.451. The molecule has 0 aliphatic carbocycles. The summed E-state index contributed by atoms with van der Waals surface area (Å²) < 4.78 is 5.67. The highest BCUT2D eigenvalue weighted by molar-refractivity contribution is 4.48. The molecule has 0 aromatic rings. The lowest BCUT2D eigenvalue weighted by Crippen LogP contribution is -2.12. The predicted octanol–water partition coefficient (Wildman–Crippen LogP) is 3.25. The van der Waals surface area contributed by atoms with Gasteiger partial charge in [0.25, 0.3) is 0 Å². The summed E-state index contributed by atoms with van der Waals surface area (Å²) in [6.45, 7) is 4.35. The van der Waals surface area contributed by atoms with Crippen molar-refractivity contribution in [1.29, 1.82) is 0 Å². The molecule has 0 aromatic carbocycles. The van der Waals surface area contributed by atoms with Gasteiger partial charge >= 0.3 is 0 Å². The molecule has 0 bridgehead atoms. The van der Waals surface area contributed by atoms with Gasteiger partial charge < -0.3 is 14.5 Å². The Balaban J connectivity index is 2.95. The van der Waals surface area contributed by atoms with Crippen molar-refractivity contribution in [2.75, 3.05) is 54.5 Å². The zero-order valence-corrected chi connectivity index (χ0v) is 13.8. The monoisotopic (exact) mass is 272 g/mol. The van der Waals surface area contributed by atoms with E-state index in [0.717, 1.165) is 13.2 Å². The highest BCUT2D eigenvalue weighted by Crippen LogP contribution is 2.03. The van der Waals surface area contributed by atoms with Crippen LogP contribution in [0.4, 0.5) is 0 Å².